The molecular weight excluding hydrogens is 190 g/mol. The van der Waals surface area contributed by atoms with Gasteiger partial charge in [0.15, 0.2) is 0 Å². The van der Waals surface area contributed by atoms with Crippen LogP contribution < -0.4 is 4.90 Å². The van der Waals surface area contributed by atoms with E-state index >= 15 is 0 Å². The van der Waals surface area contributed by atoms with Crippen LogP contribution in [-0.2, 0) is 0 Å². The molecule has 0 aliphatic carbocycles. The van der Waals surface area contributed by atoms with Crippen molar-refractivity contribution in [3.05, 3.63) is 23.3 Å². The molecule has 0 saturated carbocycles. The van der Waals surface area contributed by atoms with Gasteiger partial charge >= 0.3 is 0 Å². The van der Waals surface area contributed by atoms with E-state index in [0.717, 1.165) is 0 Å². The van der Waals surface area contributed by atoms with E-state index in [0.29, 0.717) is 6.04 Å². The number of hydrogen-bond acceptors (Lipinski definition) is 2. The summed E-state index contributed by atoms with van der Waals surface area (Å²) in [6, 6.07) is 5.22. The quantitative estimate of drug-likeness (QED) is 0.642. The maximum Gasteiger partial charge on any atom is 0.0534 e. The van der Waals surface area contributed by atoms with Crippen LogP contribution >= 0.6 is 11.8 Å². The Morgan fingerprint density at radius 2 is 2.07 bits per heavy atom. The van der Waals surface area contributed by atoms with Gasteiger partial charge < -0.3 is 4.90 Å². The molecule has 0 N–H and O–H groups in total. The van der Waals surface area contributed by atoms with Crippen molar-refractivity contribution in [2.45, 2.75) is 31.7 Å². The van der Waals surface area contributed by atoms with Gasteiger partial charge in [-0.05, 0) is 38.0 Å². The Labute approximate surface area is 90.5 Å². The van der Waals surface area contributed by atoms with Crippen LogP contribution in [0.3, 0.4) is 0 Å². The first-order valence-electron chi connectivity index (χ1n) is 5.06. The highest BCUT2D eigenvalue weighted by Gasteiger charge is 2.21. The van der Waals surface area contributed by atoms with Gasteiger partial charge in [-0.1, -0.05) is 6.07 Å². The molecule has 1 aromatic rings. The lowest BCUT2D eigenvalue weighted by atomic mass is 10.1. The summed E-state index contributed by atoms with van der Waals surface area (Å²) in [5, 5.41) is 0. The summed E-state index contributed by atoms with van der Waals surface area (Å²) in [4.78, 5) is 3.85. The molecule has 0 bridgehead atoms. The predicted octanol–water partition coefficient (Wildman–Crippen LogP) is 3.23. The van der Waals surface area contributed by atoms with Gasteiger partial charge in [0, 0.05) is 23.7 Å². The lowest BCUT2D eigenvalue weighted by molar-refractivity contribution is 0.744. The minimum absolute atomic E-state index is 0.647. The number of anilines is 1. The topological polar surface area (TPSA) is 3.24 Å². The van der Waals surface area contributed by atoms with Crippen LogP contribution in [0.4, 0.5) is 5.69 Å². The first-order valence-corrected chi connectivity index (χ1v) is 6.05. The van der Waals surface area contributed by atoms with Crippen molar-refractivity contribution in [1.29, 1.82) is 0 Å². The molecule has 1 atom stereocenters. The molecule has 1 nitrogen and oxygen atoms in total. The molecular formula is C12H17NS. The molecule has 76 valence electrons. The fraction of sp³-hybridized carbons (Fsp3) is 0.500. The second kappa shape index (κ2) is 3.50. The Balaban J connectivity index is 2.54. The summed E-state index contributed by atoms with van der Waals surface area (Å²) < 4.78 is 0. The van der Waals surface area contributed by atoms with Crippen molar-refractivity contribution in [2.75, 3.05) is 17.7 Å². The lowest BCUT2D eigenvalue weighted by Crippen LogP contribution is -2.34. The first kappa shape index (κ1) is 9.91. The van der Waals surface area contributed by atoms with Gasteiger partial charge in [0.25, 0.3) is 0 Å². The molecule has 0 spiro atoms. The number of hydrogen-bond donors (Lipinski definition) is 0. The van der Waals surface area contributed by atoms with E-state index in [9.17, 15) is 0 Å². The van der Waals surface area contributed by atoms with Gasteiger partial charge in [0.2, 0.25) is 0 Å². The van der Waals surface area contributed by atoms with Crippen LogP contribution in [0.15, 0.2) is 17.0 Å². The maximum atomic E-state index is 2.40. The Kier molecular flexibility index (Phi) is 2.48. The number of nitrogens with zero attached hydrogens (tertiary/aromatic N) is 1. The summed E-state index contributed by atoms with van der Waals surface area (Å²) >= 11 is 1.99. The Bertz CT molecular complexity index is 360. The van der Waals surface area contributed by atoms with Gasteiger partial charge in [-0.25, -0.2) is 0 Å². The lowest BCUT2D eigenvalue weighted by Gasteiger charge is -2.34. The molecule has 1 aliphatic heterocycles. The molecule has 1 unspecified atom stereocenters. The largest absolute Gasteiger partial charge is 0.370 e. The number of thioether (sulfide) groups is 1. The SMILES string of the molecule is Cc1cc(C)c2c(c1)SCC(C)N2C. The zero-order chi connectivity index (χ0) is 10.3. The van der Waals surface area contributed by atoms with Crippen molar-refractivity contribution in [3.8, 4) is 0 Å². The maximum absolute atomic E-state index is 2.40. The van der Waals surface area contributed by atoms with Crippen LogP contribution in [0.5, 0.6) is 0 Å². The molecule has 0 aromatic heterocycles. The molecule has 1 aliphatic rings. The third-order valence-corrected chi connectivity index (χ3v) is 4.18. The molecule has 0 fully saturated rings. The van der Waals surface area contributed by atoms with Crippen LogP contribution in [0.2, 0.25) is 0 Å². The highest BCUT2D eigenvalue weighted by molar-refractivity contribution is 7.99. The normalized spacial score (nSPS) is 20.9. The van der Waals surface area contributed by atoms with E-state index in [2.05, 4.69) is 44.9 Å². The third kappa shape index (κ3) is 1.52. The summed E-state index contributed by atoms with van der Waals surface area (Å²) in [7, 11) is 2.20. The summed E-state index contributed by atoms with van der Waals surface area (Å²) in [6.45, 7) is 6.67. The van der Waals surface area contributed by atoms with E-state index in [4.69, 9.17) is 0 Å². The highest BCUT2D eigenvalue weighted by atomic mass is 32.2. The van der Waals surface area contributed by atoms with Gasteiger partial charge in [0.05, 0.1) is 5.69 Å². The molecule has 1 heterocycles. The van der Waals surface area contributed by atoms with E-state index in [1.807, 2.05) is 11.8 Å². The fourth-order valence-electron chi connectivity index (χ4n) is 2.03. The summed E-state index contributed by atoms with van der Waals surface area (Å²) in [5.41, 5.74) is 4.21. The van der Waals surface area contributed by atoms with Crippen LogP contribution in [0.1, 0.15) is 18.1 Å². The molecule has 0 amide bonds. The van der Waals surface area contributed by atoms with Crippen LogP contribution in [0.25, 0.3) is 0 Å². The zero-order valence-corrected chi connectivity index (χ0v) is 10.1. The monoisotopic (exact) mass is 207 g/mol. The van der Waals surface area contributed by atoms with Gasteiger partial charge in [-0.2, -0.15) is 0 Å². The van der Waals surface area contributed by atoms with E-state index in [1.165, 1.54) is 27.5 Å². The number of benzene rings is 1. The molecule has 14 heavy (non-hydrogen) atoms. The van der Waals surface area contributed by atoms with Gasteiger partial charge in [-0.15, -0.1) is 11.8 Å². The second-order valence-corrected chi connectivity index (χ2v) is 5.26. The predicted molar refractivity (Wildman–Crippen MR) is 64.5 cm³/mol. The van der Waals surface area contributed by atoms with Crippen LogP contribution in [0, 0.1) is 13.8 Å². The number of fused-ring (bicyclic) bond motifs is 1. The van der Waals surface area contributed by atoms with Crippen molar-refractivity contribution in [3.63, 3.8) is 0 Å². The Morgan fingerprint density at radius 1 is 1.36 bits per heavy atom. The average molecular weight is 207 g/mol. The standard InChI is InChI=1S/C12H17NS/c1-8-5-9(2)12-11(6-8)14-7-10(3)13(12)4/h5-6,10H,7H2,1-4H3. The summed E-state index contributed by atoms with van der Waals surface area (Å²) in [6.07, 6.45) is 0. The highest BCUT2D eigenvalue weighted by Crippen LogP contribution is 2.39. The average Bonchev–Trinajstić information content (AvgIpc) is 2.10. The second-order valence-electron chi connectivity index (χ2n) is 4.20. The fourth-order valence-corrected chi connectivity index (χ4v) is 3.38. The minimum atomic E-state index is 0.647. The Morgan fingerprint density at radius 3 is 2.79 bits per heavy atom. The van der Waals surface area contributed by atoms with E-state index in [1.54, 1.807) is 0 Å². The molecule has 0 radical (unpaired) electrons. The Hall–Kier alpha value is -0.630. The van der Waals surface area contributed by atoms with Gasteiger partial charge in [-0.3, -0.25) is 0 Å². The number of rotatable bonds is 0. The van der Waals surface area contributed by atoms with Crippen molar-refractivity contribution in [1.82, 2.24) is 0 Å². The summed E-state index contributed by atoms with van der Waals surface area (Å²) in [5.74, 6) is 1.20. The first-order chi connectivity index (χ1) is 6.59. The molecule has 2 rings (SSSR count). The smallest absolute Gasteiger partial charge is 0.0534 e. The van der Waals surface area contributed by atoms with Crippen molar-refractivity contribution < 1.29 is 0 Å². The van der Waals surface area contributed by atoms with Crippen molar-refractivity contribution in [2.24, 2.45) is 0 Å². The third-order valence-electron chi connectivity index (χ3n) is 2.90. The molecule has 1 aromatic carbocycles. The minimum Gasteiger partial charge on any atom is -0.370 e. The zero-order valence-electron chi connectivity index (χ0n) is 9.29. The van der Waals surface area contributed by atoms with E-state index in [-0.39, 0.29) is 0 Å². The van der Waals surface area contributed by atoms with E-state index < -0.39 is 0 Å². The van der Waals surface area contributed by atoms with Crippen molar-refractivity contribution >= 4 is 17.4 Å². The number of aryl methyl sites for hydroxylation is 2. The van der Waals surface area contributed by atoms with Gasteiger partial charge in [0.1, 0.15) is 0 Å². The molecule has 2 heteroatoms. The van der Waals surface area contributed by atoms with Crippen LogP contribution in [-0.4, -0.2) is 18.8 Å². The molecule has 0 saturated heterocycles.